The minimum atomic E-state index is -0.736. The maximum atomic E-state index is 11.3. The molecule has 0 N–H and O–H groups in total. The molecule has 0 amide bonds. The van der Waals surface area contributed by atoms with Crippen molar-refractivity contribution < 1.29 is 23.8 Å². The summed E-state index contributed by atoms with van der Waals surface area (Å²) in [5, 5.41) is 0. The van der Waals surface area contributed by atoms with Crippen LogP contribution in [0.5, 0.6) is 0 Å². The van der Waals surface area contributed by atoms with Gasteiger partial charge in [0.15, 0.2) is 0 Å². The van der Waals surface area contributed by atoms with E-state index in [0.29, 0.717) is 0 Å². The third-order valence-electron chi connectivity index (χ3n) is 1.89. The summed E-state index contributed by atoms with van der Waals surface area (Å²) in [6.07, 6.45) is -1.47. The average molecular weight is 246 g/mol. The molecular weight excluding hydrogens is 224 g/mol. The minimum Gasteiger partial charge on any atom is -0.436 e. The summed E-state index contributed by atoms with van der Waals surface area (Å²) in [6, 6.07) is 0. The molecule has 0 saturated heterocycles. The third-order valence-corrected chi connectivity index (χ3v) is 1.89. The van der Waals surface area contributed by atoms with E-state index in [9.17, 15) is 9.59 Å². The van der Waals surface area contributed by atoms with Gasteiger partial charge in [0.25, 0.3) is 0 Å². The van der Waals surface area contributed by atoms with Gasteiger partial charge in [-0.05, 0) is 13.8 Å². The Kier molecular flexibility index (Phi) is 6.80. The number of esters is 2. The Morgan fingerprint density at radius 3 is 1.24 bits per heavy atom. The van der Waals surface area contributed by atoms with Gasteiger partial charge >= 0.3 is 11.9 Å². The molecular formula is C12H22O5. The molecule has 5 heteroatoms. The van der Waals surface area contributed by atoms with E-state index in [4.69, 9.17) is 14.2 Å². The van der Waals surface area contributed by atoms with Crippen LogP contribution in [0.4, 0.5) is 0 Å². The van der Waals surface area contributed by atoms with Crippen molar-refractivity contribution in [1.82, 2.24) is 0 Å². The Morgan fingerprint density at radius 2 is 1.00 bits per heavy atom. The molecule has 0 spiro atoms. The predicted molar refractivity (Wildman–Crippen MR) is 61.9 cm³/mol. The molecule has 0 aromatic carbocycles. The summed E-state index contributed by atoms with van der Waals surface area (Å²) in [4.78, 5) is 22.5. The molecule has 17 heavy (non-hydrogen) atoms. The van der Waals surface area contributed by atoms with Gasteiger partial charge < -0.3 is 14.2 Å². The first-order valence-corrected chi connectivity index (χ1v) is 5.80. The lowest BCUT2D eigenvalue weighted by atomic mass is 10.2. The highest BCUT2D eigenvalue weighted by Crippen LogP contribution is 2.07. The number of carbonyl (C=O) groups is 2. The molecule has 0 aliphatic heterocycles. The fourth-order valence-electron chi connectivity index (χ4n) is 0.925. The lowest BCUT2D eigenvalue weighted by Crippen LogP contribution is -2.29. The van der Waals surface area contributed by atoms with Crippen LogP contribution in [0, 0.1) is 11.8 Å². The van der Waals surface area contributed by atoms with Gasteiger partial charge in [-0.1, -0.05) is 27.7 Å². The fraction of sp³-hybridized carbons (Fsp3) is 0.833. The zero-order valence-corrected chi connectivity index (χ0v) is 11.4. The summed E-state index contributed by atoms with van der Waals surface area (Å²) in [7, 11) is 0. The van der Waals surface area contributed by atoms with Crippen LogP contribution in [0.1, 0.15) is 41.5 Å². The highest BCUT2D eigenvalue weighted by molar-refractivity contribution is 5.72. The van der Waals surface area contributed by atoms with E-state index in [1.807, 2.05) is 0 Å². The highest BCUT2D eigenvalue weighted by Gasteiger charge is 2.19. The molecule has 0 bridgehead atoms. The summed E-state index contributed by atoms with van der Waals surface area (Å²) >= 11 is 0. The molecule has 0 heterocycles. The van der Waals surface area contributed by atoms with Gasteiger partial charge in [-0.2, -0.15) is 0 Å². The van der Waals surface area contributed by atoms with Crippen molar-refractivity contribution in [2.45, 2.75) is 54.1 Å². The Bertz CT molecular complexity index is 234. The van der Waals surface area contributed by atoms with Crippen LogP contribution < -0.4 is 0 Å². The van der Waals surface area contributed by atoms with E-state index in [2.05, 4.69) is 0 Å². The standard InChI is InChI=1S/C12H22O5/c1-7(2)11(13)16-9(5)15-10(6)17-12(14)8(3)4/h7-10H,1-6H3. The second-order valence-electron chi connectivity index (χ2n) is 4.45. The van der Waals surface area contributed by atoms with Crippen molar-refractivity contribution in [3.8, 4) is 0 Å². The predicted octanol–water partition coefficient (Wildman–Crippen LogP) is 2.09. The van der Waals surface area contributed by atoms with E-state index < -0.39 is 12.6 Å². The monoisotopic (exact) mass is 246 g/mol. The van der Waals surface area contributed by atoms with Gasteiger partial charge in [0.1, 0.15) is 0 Å². The van der Waals surface area contributed by atoms with E-state index >= 15 is 0 Å². The van der Waals surface area contributed by atoms with Crippen LogP contribution in [0.15, 0.2) is 0 Å². The van der Waals surface area contributed by atoms with E-state index in [-0.39, 0.29) is 23.8 Å². The molecule has 0 aromatic heterocycles. The number of hydrogen-bond donors (Lipinski definition) is 0. The fourth-order valence-corrected chi connectivity index (χ4v) is 0.925. The van der Waals surface area contributed by atoms with Gasteiger partial charge in [-0.15, -0.1) is 0 Å². The lowest BCUT2D eigenvalue weighted by molar-refractivity contribution is -0.230. The molecule has 100 valence electrons. The summed E-state index contributed by atoms with van der Waals surface area (Å²) in [5.74, 6) is -1.12. The smallest absolute Gasteiger partial charge is 0.310 e. The first kappa shape index (κ1) is 15.9. The van der Waals surface area contributed by atoms with Crippen LogP contribution in [0.2, 0.25) is 0 Å². The Hall–Kier alpha value is -1.10. The van der Waals surface area contributed by atoms with Crippen molar-refractivity contribution in [1.29, 1.82) is 0 Å². The van der Waals surface area contributed by atoms with Crippen LogP contribution in [0.25, 0.3) is 0 Å². The van der Waals surface area contributed by atoms with Crippen molar-refractivity contribution in [3.05, 3.63) is 0 Å². The SMILES string of the molecule is CC(OC(=O)C(C)C)OC(C)OC(=O)C(C)C. The topological polar surface area (TPSA) is 61.8 Å². The average Bonchev–Trinajstić information content (AvgIpc) is 2.16. The molecule has 0 radical (unpaired) electrons. The van der Waals surface area contributed by atoms with Crippen molar-refractivity contribution in [2.24, 2.45) is 11.8 Å². The molecule has 5 nitrogen and oxygen atoms in total. The molecule has 0 aromatic rings. The van der Waals surface area contributed by atoms with Crippen molar-refractivity contribution in [3.63, 3.8) is 0 Å². The Labute approximate surface area is 102 Å². The summed E-state index contributed by atoms with van der Waals surface area (Å²) < 4.78 is 15.1. The van der Waals surface area contributed by atoms with Crippen LogP contribution in [-0.4, -0.2) is 24.5 Å². The quantitative estimate of drug-likeness (QED) is 0.530. The largest absolute Gasteiger partial charge is 0.436 e. The molecule has 0 rings (SSSR count). The van der Waals surface area contributed by atoms with Gasteiger partial charge in [0.05, 0.1) is 11.8 Å². The zero-order valence-electron chi connectivity index (χ0n) is 11.4. The second kappa shape index (κ2) is 7.27. The van der Waals surface area contributed by atoms with Gasteiger partial charge in [-0.25, -0.2) is 0 Å². The van der Waals surface area contributed by atoms with Crippen LogP contribution in [0.3, 0.4) is 0 Å². The third kappa shape index (κ3) is 6.94. The first-order valence-electron chi connectivity index (χ1n) is 5.80. The van der Waals surface area contributed by atoms with Gasteiger partial charge in [0, 0.05) is 0 Å². The highest BCUT2D eigenvalue weighted by atomic mass is 16.8. The maximum Gasteiger partial charge on any atom is 0.310 e. The number of ether oxygens (including phenoxy) is 3. The van der Waals surface area contributed by atoms with E-state index in [1.54, 1.807) is 41.5 Å². The maximum absolute atomic E-state index is 11.3. The van der Waals surface area contributed by atoms with Gasteiger partial charge in [0.2, 0.25) is 12.6 Å². The zero-order chi connectivity index (χ0) is 13.6. The molecule has 2 atom stereocenters. The number of carbonyl (C=O) groups excluding carboxylic acids is 2. The molecule has 0 aliphatic carbocycles. The molecule has 0 aliphatic rings. The summed E-state index contributed by atoms with van der Waals surface area (Å²) in [6.45, 7) is 10.1. The Morgan fingerprint density at radius 1 is 0.706 bits per heavy atom. The van der Waals surface area contributed by atoms with Crippen molar-refractivity contribution in [2.75, 3.05) is 0 Å². The molecule has 0 saturated carbocycles. The molecule has 2 unspecified atom stereocenters. The summed E-state index contributed by atoms with van der Waals surface area (Å²) in [5.41, 5.74) is 0. The van der Waals surface area contributed by atoms with Gasteiger partial charge in [-0.3, -0.25) is 9.59 Å². The second-order valence-corrected chi connectivity index (χ2v) is 4.45. The molecule has 0 fully saturated rings. The number of hydrogen-bond acceptors (Lipinski definition) is 5. The Balaban J connectivity index is 4.00. The van der Waals surface area contributed by atoms with E-state index in [0.717, 1.165) is 0 Å². The first-order chi connectivity index (χ1) is 7.73. The van der Waals surface area contributed by atoms with E-state index in [1.165, 1.54) is 0 Å². The minimum absolute atomic E-state index is 0.213. The number of rotatable bonds is 6. The lowest BCUT2D eigenvalue weighted by Gasteiger charge is -2.20. The van der Waals surface area contributed by atoms with Crippen LogP contribution >= 0.6 is 0 Å². The van der Waals surface area contributed by atoms with Crippen molar-refractivity contribution >= 4 is 11.9 Å². The normalized spacial score (nSPS) is 14.6. The van der Waals surface area contributed by atoms with Crippen LogP contribution in [-0.2, 0) is 23.8 Å².